The van der Waals surface area contributed by atoms with Gasteiger partial charge in [0.25, 0.3) is 0 Å². The van der Waals surface area contributed by atoms with Crippen LogP contribution in [0.15, 0.2) is 30.4 Å². The molecule has 0 aliphatic heterocycles. The van der Waals surface area contributed by atoms with Gasteiger partial charge in [0.2, 0.25) is 0 Å². The third-order valence-electron chi connectivity index (χ3n) is 4.95. The smallest absolute Gasteiger partial charge is 0.142 e. The Labute approximate surface area is 152 Å². The van der Waals surface area contributed by atoms with Gasteiger partial charge in [-0.3, -0.25) is 0 Å². The maximum absolute atomic E-state index is 14.1. The summed E-state index contributed by atoms with van der Waals surface area (Å²) < 4.78 is 19.6. The summed E-state index contributed by atoms with van der Waals surface area (Å²) >= 11 is 0. The van der Waals surface area contributed by atoms with Crippen LogP contribution >= 0.6 is 0 Å². The molecule has 0 heterocycles. The quantitative estimate of drug-likeness (QED) is 0.405. The molecular weight excluding hydrogens is 311 g/mol. The average Bonchev–Trinajstić information content (AvgIpc) is 2.62. The van der Waals surface area contributed by atoms with E-state index in [1.807, 2.05) is 6.08 Å². The van der Waals surface area contributed by atoms with Crippen molar-refractivity contribution >= 4 is 0 Å². The Morgan fingerprint density at radius 2 is 1.96 bits per heavy atom. The van der Waals surface area contributed by atoms with E-state index in [1.165, 1.54) is 44.6 Å². The molecule has 0 spiro atoms. The van der Waals surface area contributed by atoms with Crippen molar-refractivity contribution in [3.8, 4) is 17.6 Å². The van der Waals surface area contributed by atoms with Gasteiger partial charge in [-0.15, -0.1) is 0 Å². The Balaban J connectivity index is 1.82. The predicted octanol–water partition coefficient (Wildman–Crippen LogP) is 6.52. The van der Waals surface area contributed by atoms with Crippen LogP contribution in [0.25, 0.3) is 0 Å². The first-order chi connectivity index (χ1) is 12.2. The summed E-state index contributed by atoms with van der Waals surface area (Å²) in [6.45, 7) is 5.00. The molecule has 2 heteroatoms. The number of halogens is 1. The number of benzene rings is 1. The van der Waals surface area contributed by atoms with Gasteiger partial charge in [0.1, 0.15) is 11.6 Å². The van der Waals surface area contributed by atoms with Gasteiger partial charge in [0.15, 0.2) is 0 Å². The molecule has 0 saturated heterocycles. The molecule has 1 aliphatic rings. The van der Waals surface area contributed by atoms with Gasteiger partial charge in [-0.1, -0.05) is 51.0 Å². The van der Waals surface area contributed by atoms with E-state index in [0.717, 1.165) is 18.8 Å². The first kappa shape index (κ1) is 19.6. The lowest BCUT2D eigenvalue weighted by atomic mass is 9.80. The maximum Gasteiger partial charge on any atom is 0.142 e. The first-order valence-corrected chi connectivity index (χ1v) is 9.83. The fraction of sp³-hybridized carbons (Fsp3) is 0.565. The van der Waals surface area contributed by atoms with Gasteiger partial charge in [0, 0.05) is 6.07 Å². The van der Waals surface area contributed by atoms with Crippen molar-refractivity contribution in [3.05, 3.63) is 41.7 Å². The molecule has 1 aliphatic carbocycles. The van der Waals surface area contributed by atoms with Crippen LogP contribution in [0.1, 0.15) is 70.8 Å². The normalized spacial score (nSPS) is 20.3. The minimum atomic E-state index is -0.310. The van der Waals surface area contributed by atoms with E-state index in [1.54, 1.807) is 12.1 Å². The van der Waals surface area contributed by atoms with E-state index in [2.05, 4.69) is 31.8 Å². The van der Waals surface area contributed by atoms with Crippen LogP contribution in [0, 0.1) is 29.5 Å². The van der Waals surface area contributed by atoms with E-state index < -0.39 is 0 Å². The highest BCUT2D eigenvalue weighted by molar-refractivity contribution is 5.41. The molecule has 0 amide bonds. The number of rotatable bonds is 7. The first-order valence-electron chi connectivity index (χ1n) is 9.83. The monoisotopic (exact) mass is 342 g/mol. The van der Waals surface area contributed by atoms with Crippen molar-refractivity contribution < 1.29 is 9.13 Å². The van der Waals surface area contributed by atoms with Crippen molar-refractivity contribution in [3.63, 3.8) is 0 Å². The van der Waals surface area contributed by atoms with Crippen LogP contribution < -0.4 is 4.74 Å². The molecular formula is C23H31FO. The lowest BCUT2D eigenvalue weighted by molar-refractivity contribution is 0.294. The zero-order valence-electron chi connectivity index (χ0n) is 15.7. The van der Waals surface area contributed by atoms with Crippen LogP contribution in [0.2, 0.25) is 0 Å². The molecule has 1 aromatic rings. The molecule has 0 N–H and O–H groups in total. The van der Waals surface area contributed by atoms with Crippen molar-refractivity contribution in [1.82, 2.24) is 0 Å². The summed E-state index contributed by atoms with van der Waals surface area (Å²) in [6, 6.07) is 4.92. The number of unbranched alkanes of at least 4 members (excludes halogenated alkanes) is 1. The summed E-state index contributed by atoms with van der Waals surface area (Å²) in [7, 11) is 0. The topological polar surface area (TPSA) is 9.23 Å². The van der Waals surface area contributed by atoms with Crippen molar-refractivity contribution in [1.29, 1.82) is 0 Å². The molecule has 0 unspecified atom stereocenters. The van der Waals surface area contributed by atoms with E-state index in [-0.39, 0.29) is 5.82 Å². The SMILES string of the molecule is CCCCOc1ccc(C#CC=CC2CCC(CCC)CC2)c(F)c1. The Bertz CT molecular complexity index is 600. The molecule has 2 rings (SSSR count). The summed E-state index contributed by atoms with van der Waals surface area (Å²) in [5, 5.41) is 0. The minimum Gasteiger partial charge on any atom is -0.493 e. The Morgan fingerprint density at radius 1 is 1.16 bits per heavy atom. The highest BCUT2D eigenvalue weighted by atomic mass is 19.1. The van der Waals surface area contributed by atoms with Crippen LogP contribution in [-0.2, 0) is 0 Å². The van der Waals surface area contributed by atoms with Gasteiger partial charge in [-0.25, -0.2) is 4.39 Å². The van der Waals surface area contributed by atoms with E-state index in [4.69, 9.17) is 4.74 Å². The Morgan fingerprint density at radius 3 is 2.64 bits per heavy atom. The summed E-state index contributed by atoms with van der Waals surface area (Å²) in [6.07, 6.45) is 14.0. The average molecular weight is 342 g/mol. The molecule has 1 aromatic carbocycles. The lowest BCUT2D eigenvalue weighted by Gasteiger charge is -2.26. The lowest BCUT2D eigenvalue weighted by Crippen LogP contribution is -2.12. The number of hydrogen-bond acceptors (Lipinski definition) is 1. The number of ether oxygens (including phenoxy) is 1. The van der Waals surface area contributed by atoms with Crippen LogP contribution in [0.3, 0.4) is 0 Å². The van der Waals surface area contributed by atoms with Crippen molar-refractivity contribution in [2.24, 2.45) is 11.8 Å². The van der Waals surface area contributed by atoms with Crippen molar-refractivity contribution in [2.75, 3.05) is 6.61 Å². The molecule has 25 heavy (non-hydrogen) atoms. The van der Waals surface area contributed by atoms with Crippen LogP contribution in [0.4, 0.5) is 4.39 Å². The molecule has 1 nitrogen and oxygen atoms in total. The van der Waals surface area contributed by atoms with E-state index >= 15 is 0 Å². The van der Waals surface area contributed by atoms with Crippen LogP contribution in [-0.4, -0.2) is 6.61 Å². The summed E-state index contributed by atoms with van der Waals surface area (Å²) in [4.78, 5) is 0. The predicted molar refractivity (Wildman–Crippen MR) is 103 cm³/mol. The second kappa shape index (κ2) is 11.0. The summed E-state index contributed by atoms with van der Waals surface area (Å²) in [5.74, 6) is 7.73. The molecule has 1 fully saturated rings. The van der Waals surface area contributed by atoms with Crippen LogP contribution in [0.5, 0.6) is 5.75 Å². The summed E-state index contributed by atoms with van der Waals surface area (Å²) in [5.41, 5.74) is 0.430. The standard InChI is InChI=1S/C23H31FO/c1-3-5-17-25-22-16-15-21(23(24)18-22)10-7-6-9-20-13-11-19(8-4-2)12-14-20/h6,9,15-16,18-20H,3-5,8,11-14,17H2,1-2H3. The highest BCUT2D eigenvalue weighted by Crippen LogP contribution is 2.32. The minimum absolute atomic E-state index is 0.310. The molecule has 0 atom stereocenters. The Hall–Kier alpha value is -1.75. The fourth-order valence-electron chi connectivity index (χ4n) is 3.40. The maximum atomic E-state index is 14.1. The largest absolute Gasteiger partial charge is 0.493 e. The van der Waals surface area contributed by atoms with E-state index in [0.29, 0.717) is 23.8 Å². The third kappa shape index (κ3) is 6.94. The number of allylic oxidation sites excluding steroid dienone is 2. The zero-order chi connectivity index (χ0) is 17.9. The van der Waals surface area contributed by atoms with Gasteiger partial charge in [-0.05, 0) is 62.1 Å². The fourth-order valence-corrected chi connectivity index (χ4v) is 3.40. The van der Waals surface area contributed by atoms with Gasteiger partial charge >= 0.3 is 0 Å². The zero-order valence-corrected chi connectivity index (χ0v) is 15.7. The van der Waals surface area contributed by atoms with Gasteiger partial charge < -0.3 is 4.74 Å². The second-order valence-electron chi connectivity index (χ2n) is 7.04. The Kier molecular flexibility index (Phi) is 8.60. The molecule has 0 bridgehead atoms. The number of hydrogen-bond donors (Lipinski definition) is 0. The molecule has 1 saturated carbocycles. The van der Waals surface area contributed by atoms with E-state index in [9.17, 15) is 4.39 Å². The molecule has 0 aromatic heterocycles. The van der Waals surface area contributed by atoms with Gasteiger partial charge in [-0.2, -0.15) is 0 Å². The van der Waals surface area contributed by atoms with Gasteiger partial charge in [0.05, 0.1) is 12.2 Å². The van der Waals surface area contributed by atoms with Crippen molar-refractivity contribution in [2.45, 2.75) is 65.2 Å². The third-order valence-corrected chi connectivity index (χ3v) is 4.95. The molecule has 0 radical (unpaired) electrons. The highest BCUT2D eigenvalue weighted by Gasteiger charge is 2.18. The second-order valence-corrected chi connectivity index (χ2v) is 7.04. The molecule has 136 valence electrons.